The molecule has 1 saturated heterocycles. The average molecular weight is 410 g/mol. The SMILES string of the molecule is CC.CC.CNc1ccc(C(=O)NC2CCC(C)C2)cc1SN1CCOCC1. The molecule has 1 saturated carbocycles. The number of carbonyl (C=O) groups excluding carboxylic acids is 1. The van der Waals surface area contributed by atoms with Crippen LogP contribution in [0.4, 0.5) is 5.69 Å². The topological polar surface area (TPSA) is 53.6 Å². The molecule has 1 aliphatic carbocycles. The van der Waals surface area contributed by atoms with Crippen LogP contribution in [0.3, 0.4) is 0 Å². The summed E-state index contributed by atoms with van der Waals surface area (Å²) in [6.45, 7) is 13.6. The summed E-state index contributed by atoms with van der Waals surface area (Å²) in [7, 11) is 1.92. The molecular formula is C22H39N3O2S. The van der Waals surface area contributed by atoms with E-state index in [1.165, 1.54) is 6.42 Å². The molecule has 0 aromatic heterocycles. The minimum atomic E-state index is 0.0422. The molecular weight excluding hydrogens is 370 g/mol. The first-order valence-electron chi connectivity index (χ1n) is 10.8. The first-order chi connectivity index (χ1) is 13.7. The third-order valence-corrected chi connectivity index (χ3v) is 5.90. The summed E-state index contributed by atoms with van der Waals surface area (Å²) >= 11 is 1.70. The van der Waals surface area contributed by atoms with Gasteiger partial charge >= 0.3 is 0 Å². The number of hydrogen-bond acceptors (Lipinski definition) is 5. The summed E-state index contributed by atoms with van der Waals surface area (Å²) in [6, 6.07) is 6.23. The molecule has 5 nitrogen and oxygen atoms in total. The van der Waals surface area contributed by atoms with Crippen LogP contribution in [-0.2, 0) is 4.74 Å². The second kappa shape index (κ2) is 13.9. The quantitative estimate of drug-likeness (QED) is 0.667. The van der Waals surface area contributed by atoms with E-state index < -0.39 is 0 Å². The van der Waals surface area contributed by atoms with Gasteiger partial charge in [0.25, 0.3) is 5.91 Å². The van der Waals surface area contributed by atoms with Crippen molar-refractivity contribution in [1.82, 2.24) is 9.62 Å². The summed E-state index contributed by atoms with van der Waals surface area (Å²) in [5, 5.41) is 6.41. The van der Waals surface area contributed by atoms with Crippen LogP contribution in [0.5, 0.6) is 0 Å². The van der Waals surface area contributed by atoms with Crippen LogP contribution in [0.15, 0.2) is 23.1 Å². The fourth-order valence-corrected chi connectivity index (χ4v) is 4.39. The lowest BCUT2D eigenvalue weighted by atomic mass is 10.1. The first-order valence-corrected chi connectivity index (χ1v) is 11.6. The first kappa shape index (κ1) is 24.8. The van der Waals surface area contributed by atoms with Crippen molar-refractivity contribution >= 4 is 23.5 Å². The summed E-state index contributed by atoms with van der Waals surface area (Å²) in [5.74, 6) is 0.759. The van der Waals surface area contributed by atoms with Gasteiger partial charge in [0, 0.05) is 42.3 Å². The number of nitrogens with zero attached hydrogens (tertiary/aromatic N) is 1. The van der Waals surface area contributed by atoms with E-state index in [9.17, 15) is 4.79 Å². The lowest BCUT2D eigenvalue weighted by molar-refractivity contribution is 0.0773. The average Bonchev–Trinajstić information content (AvgIpc) is 3.16. The number of hydrogen-bond donors (Lipinski definition) is 2. The Balaban J connectivity index is 0.000000921. The summed E-state index contributed by atoms with van der Waals surface area (Å²) < 4.78 is 7.70. The Bertz CT molecular complexity index is 577. The second-order valence-electron chi connectivity index (χ2n) is 6.68. The van der Waals surface area contributed by atoms with Crippen molar-refractivity contribution in [3.05, 3.63) is 23.8 Å². The molecule has 0 spiro atoms. The summed E-state index contributed by atoms with van der Waals surface area (Å²) in [5.41, 5.74) is 1.79. The molecule has 0 radical (unpaired) electrons. The van der Waals surface area contributed by atoms with Gasteiger partial charge in [-0.2, -0.15) is 0 Å². The molecule has 6 heteroatoms. The van der Waals surface area contributed by atoms with Gasteiger partial charge in [-0.05, 0) is 55.3 Å². The molecule has 1 aromatic carbocycles. The van der Waals surface area contributed by atoms with Crippen LogP contribution in [0, 0.1) is 5.92 Å². The molecule has 1 heterocycles. The van der Waals surface area contributed by atoms with Crippen LogP contribution in [0.2, 0.25) is 0 Å². The smallest absolute Gasteiger partial charge is 0.251 e. The number of nitrogens with one attached hydrogen (secondary N) is 2. The molecule has 28 heavy (non-hydrogen) atoms. The fourth-order valence-electron chi connectivity index (χ4n) is 3.33. The van der Waals surface area contributed by atoms with E-state index in [2.05, 4.69) is 21.9 Å². The molecule has 2 atom stereocenters. The number of morpholine rings is 1. The molecule has 2 N–H and O–H groups in total. The van der Waals surface area contributed by atoms with Crippen molar-refractivity contribution < 1.29 is 9.53 Å². The van der Waals surface area contributed by atoms with Gasteiger partial charge in [-0.1, -0.05) is 34.6 Å². The van der Waals surface area contributed by atoms with E-state index in [0.29, 0.717) is 6.04 Å². The van der Waals surface area contributed by atoms with Crippen LogP contribution in [0.1, 0.15) is 64.2 Å². The lowest BCUT2D eigenvalue weighted by Crippen LogP contribution is -2.33. The number of carbonyl (C=O) groups is 1. The number of anilines is 1. The van der Waals surface area contributed by atoms with Crippen LogP contribution >= 0.6 is 11.9 Å². The van der Waals surface area contributed by atoms with Crippen LogP contribution in [0.25, 0.3) is 0 Å². The summed E-state index contributed by atoms with van der Waals surface area (Å²) in [4.78, 5) is 13.7. The Kier molecular flexibility index (Phi) is 12.3. The lowest BCUT2D eigenvalue weighted by Gasteiger charge is -2.26. The molecule has 2 unspecified atom stereocenters. The van der Waals surface area contributed by atoms with Crippen molar-refractivity contribution in [1.29, 1.82) is 0 Å². The van der Waals surface area contributed by atoms with Gasteiger partial charge < -0.3 is 15.4 Å². The highest BCUT2D eigenvalue weighted by Crippen LogP contribution is 2.32. The minimum Gasteiger partial charge on any atom is -0.387 e. The molecule has 1 aliphatic heterocycles. The zero-order valence-corrected chi connectivity index (χ0v) is 19.3. The predicted molar refractivity (Wildman–Crippen MR) is 121 cm³/mol. The maximum atomic E-state index is 12.6. The third-order valence-electron chi connectivity index (χ3n) is 4.74. The number of rotatable bonds is 5. The van der Waals surface area contributed by atoms with Gasteiger partial charge in [0.1, 0.15) is 0 Å². The van der Waals surface area contributed by atoms with Gasteiger partial charge in [-0.3, -0.25) is 4.79 Å². The van der Waals surface area contributed by atoms with E-state index in [-0.39, 0.29) is 5.91 Å². The Morgan fingerprint density at radius 3 is 2.39 bits per heavy atom. The molecule has 2 fully saturated rings. The largest absolute Gasteiger partial charge is 0.387 e. The van der Waals surface area contributed by atoms with Crippen LogP contribution < -0.4 is 10.6 Å². The molecule has 1 aromatic rings. The predicted octanol–water partition coefficient (Wildman–Crippen LogP) is 5.04. The van der Waals surface area contributed by atoms with E-state index in [4.69, 9.17) is 4.74 Å². The Morgan fingerprint density at radius 2 is 1.82 bits per heavy atom. The zero-order chi connectivity index (χ0) is 20.9. The highest BCUT2D eigenvalue weighted by Gasteiger charge is 2.23. The van der Waals surface area contributed by atoms with Crippen molar-refractivity contribution in [3.63, 3.8) is 0 Å². The number of benzene rings is 1. The molecule has 3 rings (SSSR count). The van der Waals surface area contributed by atoms with E-state index in [1.54, 1.807) is 11.9 Å². The Morgan fingerprint density at radius 1 is 1.14 bits per heavy atom. The van der Waals surface area contributed by atoms with Crippen molar-refractivity contribution in [2.24, 2.45) is 5.92 Å². The highest BCUT2D eigenvalue weighted by atomic mass is 32.2. The Labute approximate surface area is 176 Å². The van der Waals surface area contributed by atoms with E-state index >= 15 is 0 Å². The highest BCUT2D eigenvalue weighted by molar-refractivity contribution is 7.97. The standard InChI is InChI=1S/C18H27N3O2S.2C2H6/c1-13-3-5-15(11-13)20-18(22)14-4-6-16(19-2)17(12-14)24-21-7-9-23-10-8-21;2*1-2/h4,6,12-13,15,19H,3,5,7-11H2,1-2H3,(H,20,22);2*1-2H3. The summed E-state index contributed by atoms with van der Waals surface area (Å²) in [6.07, 6.45) is 3.40. The van der Waals surface area contributed by atoms with Gasteiger partial charge in [0.15, 0.2) is 0 Å². The van der Waals surface area contributed by atoms with Crippen molar-refractivity contribution in [3.8, 4) is 0 Å². The van der Waals surface area contributed by atoms with Gasteiger partial charge in [-0.25, -0.2) is 4.31 Å². The molecule has 2 aliphatic rings. The maximum Gasteiger partial charge on any atom is 0.251 e. The van der Waals surface area contributed by atoms with Crippen LogP contribution in [-0.4, -0.2) is 49.6 Å². The molecule has 160 valence electrons. The van der Waals surface area contributed by atoms with Gasteiger partial charge in [-0.15, -0.1) is 0 Å². The second-order valence-corrected chi connectivity index (χ2v) is 7.82. The molecule has 1 amide bonds. The Hall–Kier alpha value is -1.24. The van der Waals surface area contributed by atoms with E-state index in [1.807, 2.05) is 52.9 Å². The van der Waals surface area contributed by atoms with Crippen molar-refractivity contribution in [2.75, 3.05) is 38.7 Å². The maximum absolute atomic E-state index is 12.6. The monoisotopic (exact) mass is 409 g/mol. The fraction of sp³-hybridized carbons (Fsp3) is 0.682. The van der Waals surface area contributed by atoms with Crippen molar-refractivity contribution in [2.45, 2.75) is 64.8 Å². The number of ether oxygens (including phenoxy) is 1. The zero-order valence-electron chi connectivity index (χ0n) is 18.5. The van der Waals surface area contributed by atoms with E-state index in [0.717, 1.165) is 61.2 Å². The normalized spacial score (nSPS) is 21.6. The van der Waals surface area contributed by atoms with Gasteiger partial charge in [0.2, 0.25) is 0 Å². The minimum absolute atomic E-state index is 0.0422. The number of amides is 1. The third kappa shape index (κ3) is 7.64. The van der Waals surface area contributed by atoms with Gasteiger partial charge in [0.05, 0.1) is 13.2 Å². The molecule has 0 bridgehead atoms.